The van der Waals surface area contributed by atoms with Gasteiger partial charge in [0.25, 0.3) is 0 Å². The van der Waals surface area contributed by atoms with Gasteiger partial charge >= 0.3 is 6.09 Å². The third kappa shape index (κ3) is 8.72. The summed E-state index contributed by atoms with van der Waals surface area (Å²) >= 11 is 0. The van der Waals surface area contributed by atoms with Gasteiger partial charge in [0.15, 0.2) is 0 Å². The molecule has 0 saturated carbocycles. The highest BCUT2D eigenvalue weighted by Gasteiger charge is 2.18. The molecule has 0 bridgehead atoms. The summed E-state index contributed by atoms with van der Waals surface area (Å²) in [7, 11) is 0. The number of amides is 1. The lowest BCUT2D eigenvalue weighted by molar-refractivity contribution is -0.122. The Balaban J connectivity index is 3.87. The fourth-order valence-corrected chi connectivity index (χ4v) is 1.26. The smallest absolute Gasteiger partial charge is 0.407 e. The van der Waals surface area contributed by atoms with Gasteiger partial charge in [0.05, 0.1) is 0 Å². The summed E-state index contributed by atoms with van der Waals surface area (Å²) in [5.74, 6) is 0.0528. The van der Waals surface area contributed by atoms with E-state index in [1.54, 1.807) is 0 Å². The monoisotopic (exact) mass is 243 g/mol. The normalized spacial score (nSPS) is 13.0. The Hall–Kier alpha value is -1.06. The minimum absolute atomic E-state index is 0.144. The zero-order valence-electron chi connectivity index (χ0n) is 11.6. The molecule has 1 unspecified atom stereocenters. The van der Waals surface area contributed by atoms with Crippen molar-refractivity contribution in [3.63, 3.8) is 0 Å². The zero-order valence-corrected chi connectivity index (χ0v) is 11.6. The summed E-state index contributed by atoms with van der Waals surface area (Å²) in [5, 5.41) is 2.61. The summed E-state index contributed by atoms with van der Waals surface area (Å²) in [6.07, 6.45) is 2.05. The fraction of sp³-hybridized carbons (Fsp3) is 0.846. The summed E-state index contributed by atoms with van der Waals surface area (Å²) in [5.41, 5.74) is -0.500. The van der Waals surface area contributed by atoms with Gasteiger partial charge in [-0.3, -0.25) is 4.79 Å². The predicted octanol–water partition coefficient (Wildman–Crippen LogP) is 2.91. The summed E-state index contributed by atoms with van der Waals surface area (Å²) in [6.45, 7) is 9.65. The molecule has 0 aromatic heterocycles. The van der Waals surface area contributed by atoms with Gasteiger partial charge in [0.1, 0.15) is 11.4 Å². The number of hydrogen-bond donors (Lipinski definition) is 1. The first kappa shape index (κ1) is 15.9. The SMILES string of the molecule is CCCCC(=O)C(C)CNC(=O)OC(C)(C)C. The van der Waals surface area contributed by atoms with Crippen molar-refractivity contribution >= 4 is 11.9 Å². The molecule has 0 heterocycles. The Bertz CT molecular complexity index is 256. The van der Waals surface area contributed by atoms with E-state index in [2.05, 4.69) is 12.2 Å². The number of unbranched alkanes of at least 4 members (excludes halogenated alkanes) is 1. The van der Waals surface area contributed by atoms with Gasteiger partial charge in [-0.05, 0) is 27.2 Å². The Morgan fingerprint density at radius 3 is 2.35 bits per heavy atom. The Labute approximate surface area is 104 Å². The Morgan fingerprint density at radius 2 is 1.88 bits per heavy atom. The lowest BCUT2D eigenvalue weighted by Crippen LogP contribution is -2.36. The minimum Gasteiger partial charge on any atom is -0.444 e. The fourth-order valence-electron chi connectivity index (χ4n) is 1.26. The van der Waals surface area contributed by atoms with E-state index >= 15 is 0 Å². The number of carbonyl (C=O) groups is 2. The van der Waals surface area contributed by atoms with Crippen molar-refractivity contribution in [3.8, 4) is 0 Å². The lowest BCUT2D eigenvalue weighted by Gasteiger charge is -2.20. The van der Waals surface area contributed by atoms with Gasteiger partial charge in [-0.2, -0.15) is 0 Å². The van der Waals surface area contributed by atoms with E-state index in [0.717, 1.165) is 12.8 Å². The first-order valence-electron chi connectivity index (χ1n) is 6.25. The Kier molecular flexibility index (Phi) is 6.85. The molecule has 0 aliphatic heterocycles. The molecule has 1 N–H and O–H groups in total. The van der Waals surface area contributed by atoms with Crippen LogP contribution in [-0.2, 0) is 9.53 Å². The van der Waals surface area contributed by atoms with Gasteiger partial charge in [0.2, 0.25) is 0 Å². The number of hydrogen-bond acceptors (Lipinski definition) is 3. The average molecular weight is 243 g/mol. The van der Waals surface area contributed by atoms with E-state index in [1.165, 1.54) is 0 Å². The van der Waals surface area contributed by atoms with Crippen LogP contribution >= 0.6 is 0 Å². The van der Waals surface area contributed by atoms with Crippen LogP contribution in [0.2, 0.25) is 0 Å². The first-order valence-corrected chi connectivity index (χ1v) is 6.25. The molecule has 4 nitrogen and oxygen atoms in total. The predicted molar refractivity (Wildman–Crippen MR) is 67.9 cm³/mol. The molecule has 0 aliphatic rings. The molecule has 0 aromatic carbocycles. The number of carbonyl (C=O) groups excluding carboxylic acids is 2. The van der Waals surface area contributed by atoms with Crippen LogP contribution in [0.15, 0.2) is 0 Å². The van der Waals surface area contributed by atoms with Crippen molar-refractivity contribution in [1.29, 1.82) is 0 Å². The van der Waals surface area contributed by atoms with Crippen LogP contribution < -0.4 is 5.32 Å². The molecule has 0 radical (unpaired) electrons. The maximum absolute atomic E-state index is 11.6. The van der Waals surface area contributed by atoms with Crippen molar-refractivity contribution in [2.24, 2.45) is 5.92 Å². The minimum atomic E-state index is -0.500. The van der Waals surface area contributed by atoms with Crippen molar-refractivity contribution in [3.05, 3.63) is 0 Å². The molecular weight excluding hydrogens is 218 g/mol. The van der Waals surface area contributed by atoms with Gasteiger partial charge in [-0.25, -0.2) is 4.79 Å². The molecule has 100 valence electrons. The number of Topliss-reactive ketones (excluding diaryl/α,β-unsaturated/α-hetero) is 1. The van der Waals surface area contributed by atoms with Crippen molar-refractivity contribution in [2.45, 2.75) is 59.5 Å². The Morgan fingerprint density at radius 1 is 1.29 bits per heavy atom. The van der Waals surface area contributed by atoms with Crippen molar-refractivity contribution < 1.29 is 14.3 Å². The highest BCUT2D eigenvalue weighted by molar-refractivity contribution is 5.81. The maximum atomic E-state index is 11.6. The highest BCUT2D eigenvalue weighted by atomic mass is 16.6. The summed E-state index contributed by atoms with van der Waals surface area (Å²) < 4.78 is 5.09. The second-order valence-electron chi connectivity index (χ2n) is 5.35. The second-order valence-corrected chi connectivity index (χ2v) is 5.35. The summed E-state index contributed by atoms with van der Waals surface area (Å²) in [6, 6.07) is 0. The van der Waals surface area contributed by atoms with E-state index in [4.69, 9.17) is 4.74 Å². The largest absolute Gasteiger partial charge is 0.444 e. The van der Waals surface area contributed by atoms with E-state index in [1.807, 2.05) is 27.7 Å². The molecule has 0 aliphatic carbocycles. The van der Waals surface area contributed by atoms with Gasteiger partial charge in [-0.15, -0.1) is 0 Å². The van der Waals surface area contributed by atoms with E-state index in [0.29, 0.717) is 13.0 Å². The standard InChI is InChI=1S/C13H25NO3/c1-6-7-8-11(15)10(2)9-14-12(16)17-13(3,4)5/h10H,6-9H2,1-5H3,(H,14,16). The van der Waals surface area contributed by atoms with Crippen molar-refractivity contribution in [1.82, 2.24) is 5.32 Å². The molecule has 1 atom stereocenters. The first-order chi connectivity index (χ1) is 7.76. The number of rotatable bonds is 6. The molecule has 17 heavy (non-hydrogen) atoms. The number of alkyl carbamates (subject to hydrolysis) is 1. The van der Waals surface area contributed by atoms with Gasteiger partial charge in [0, 0.05) is 18.9 Å². The van der Waals surface area contributed by atoms with Crippen LogP contribution in [0.25, 0.3) is 0 Å². The average Bonchev–Trinajstić information content (AvgIpc) is 2.20. The molecule has 0 saturated heterocycles. The van der Waals surface area contributed by atoms with Crippen LogP contribution in [0.4, 0.5) is 4.79 Å². The highest BCUT2D eigenvalue weighted by Crippen LogP contribution is 2.07. The van der Waals surface area contributed by atoms with Crippen molar-refractivity contribution in [2.75, 3.05) is 6.54 Å². The quantitative estimate of drug-likeness (QED) is 0.780. The van der Waals surface area contributed by atoms with Crippen LogP contribution in [0, 0.1) is 5.92 Å². The molecule has 1 amide bonds. The molecule has 0 fully saturated rings. The van der Waals surface area contributed by atoms with E-state index in [9.17, 15) is 9.59 Å². The third-order valence-electron chi connectivity index (χ3n) is 2.28. The van der Waals surface area contributed by atoms with Crippen LogP contribution in [0.1, 0.15) is 53.9 Å². The topological polar surface area (TPSA) is 55.4 Å². The number of nitrogens with one attached hydrogen (secondary N) is 1. The number of ether oxygens (including phenoxy) is 1. The molecule has 0 aromatic rings. The maximum Gasteiger partial charge on any atom is 0.407 e. The zero-order chi connectivity index (χ0) is 13.5. The molecular formula is C13H25NO3. The molecule has 0 rings (SSSR count). The van der Waals surface area contributed by atoms with Gasteiger partial charge < -0.3 is 10.1 Å². The molecule has 4 heteroatoms. The van der Waals surface area contributed by atoms with Crippen LogP contribution in [0.3, 0.4) is 0 Å². The lowest BCUT2D eigenvalue weighted by atomic mass is 10.0. The second kappa shape index (κ2) is 7.30. The molecule has 0 spiro atoms. The van der Waals surface area contributed by atoms with E-state index in [-0.39, 0.29) is 11.7 Å². The van der Waals surface area contributed by atoms with E-state index < -0.39 is 11.7 Å². The third-order valence-corrected chi connectivity index (χ3v) is 2.28. The van der Waals surface area contributed by atoms with Crippen LogP contribution in [-0.4, -0.2) is 24.0 Å². The van der Waals surface area contributed by atoms with Crippen LogP contribution in [0.5, 0.6) is 0 Å². The summed E-state index contributed by atoms with van der Waals surface area (Å²) in [4.78, 5) is 23.0. The number of ketones is 1. The van der Waals surface area contributed by atoms with Gasteiger partial charge in [-0.1, -0.05) is 20.3 Å².